The van der Waals surface area contributed by atoms with Gasteiger partial charge in [0.25, 0.3) is 6.43 Å². The van der Waals surface area contributed by atoms with Gasteiger partial charge in [0.15, 0.2) is 5.96 Å². The summed E-state index contributed by atoms with van der Waals surface area (Å²) in [4.78, 5) is 6.05. The number of likely N-dealkylation sites (tertiary alicyclic amines) is 1. The third-order valence-electron chi connectivity index (χ3n) is 4.48. The van der Waals surface area contributed by atoms with Crippen LogP contribution in [0, 0.1) is 0 Å². The number of guanidine groups is 1. The number of hydrogen-bond donors (Lipinski definition) is 2. The highest BCUT2D eigenvalue weighted by Crippen LogP contribution is 2.19. The number of hydrogen-bond acceptors (Lipinski definition) is 4. The van der Waals surface area contributed by atoms with E-state index >= 15 is 0 Å². The van der Waals surface area contributed by atoms with Crippen molar-refractivity contribution < 1.29 is 18.3 Å². The quantitative estimate of drug-likeness (QED) is 0.319. The number of benzene rings is 1. The van der Waals surface area contributed by atoms with Crippen molar-refractivity contribution in [1.82, 2.24) is 15.5 Å². The maximum atomic E-state index is 12.5. The molecule has 6 nitrogen and oxygen atoms in total. The minimum Gasteiger partial charge on any atom is -0.497 e. The molecule has 1 fully saturated rings. The standard InChI is InChI=1S/C19H30F2N4O2.HI/c1-14(27-17-6-4-5-16(11-17)26-3)12-23-19(22-2)24-15-7-9-25(10-8-15)13-18(20)21;/h4-6,11,14-15,18H,7-10,12-13H2,1-3H3,(H2,22,23,24);1H. The van der Waals surface area contributed by atoms with Crippen LogP contribution in [0.3, 0.4) is 0 Å². The Kier molecular flexibility index (Phi) is 11.4. The molecule has 0 amide bonds. The van der Waals surface area contributed by atoms with Crippen LogP contribution in [-0.2, 0) is 0 Å². The summed E-state index contributed by atoms with van der Waals surface area (Å²) in [7, 11) is 3.34. The first-order valence-corrected chi connectivity index (χ1v) is 9.28. The van der Waals surface area contributed by atoms with Gasteiger partial charge < -0.3 is 20.1 Å². The molecule has 2 rings (SSSR count). The maximum absolute atomic E-state index is 12.5. The second kappa shape index (κ2) is 13.0. The lowest BCUT2D eigenvalue weighted by Gasteiger charge is -2.32. The lowest BCUT2D eigenvalue weighted by Crippen LogP contribution is -2.50. The molecule has 0 aliphatic carbocycles. The van der Waals surface area contributed by atoms with Gasteiger partial charge in [-0.05, 0) is 31.9 Å². The summed E-state index contributed by atoms with van der Waals surface area (Å²) in [5.41, 5.74) is 0. The Morgan fingerprint density at radius 3 is 2.57 bits per heavy atom. The Bertz CT molecular complexity index is 599. The van der Waals surface area contributed by atoms with Crippen molar-refractivity contribution in [1.29, 1.82) is 0 Å². The van der Waals surface area contributed by atoms with Crippen LogP contribution in [0.2, 0.25) is 0 Å². The molecular formula is C19H31F2IN4O2. The number of ether oxygens (including phenoxy) is 2. The fraction of sp³-hybridized carbons (Fsp3) is 0.632. The van der Waals surface area contributed by atoms with Gasteiger partial charge in [0, 0.05) is 32.2 Å². The Morgan fingerprint density at radius 2 is 1.96 bits per heavy atom. The smallest absolute Gasteiger partial charge is 0.251 e. The summed E-state index contributed by atoms with van der Waals surface area (Å²) >= 11 is 0. The summed E-state index contributed by atoms with van der Waals surface area (Å²) in [6, 6.07) is 7.72. The fourth-order valence-electron chi connectivity index (χ4n) is 3.03. The van der Waals surface area contributed by atoms with Crippen molar-refractivity contribution in [3.63, 3.8) is 0 Å². The third-order valence-corrected chi connectivity index (χ3v) is 4.48. The maximum Gasteiger partial charge on any atom is 0.251 e. The van der Waals surface area contributed by atoms with E-state index in [1.807, 2.05) is 36.1 Å². The summed E-state index contributed by atoms with van der Waals surface area (Å²) in [6.07, 6.45) is -0.689. The second-order valence-corrected chi connectivity index (χ2v) is 6.67. The van der Waals surface area contributed by atoms with Gasteiger partial charge in [0.2, 0.25) is 0 Å². The van der Waals surface area contributed by atoms with Gasteiger partial charge in [0.05, 0.1) is 20.2 Å². The monoisotopic (exact) mass is 512 g/mol. The summed E-state index contributed by atoms with van der Waals surface area (Å²) in [5.74, 6) is 2.20. The second-order valence-electron chi connectivity index (χ2n) is 6.67. The van der Waals surface area contributed by atoms with Crippen LogP contribution in [0.25, 0.3) is 0 Å². The first kappa shape index (κ1) is 24.7. The molecular weight excluding hydrogens is 481 g/mol. The third kappa shape index (κ3) is 8.76. The van der Waals surface area contributed by atoms with Crippen LogP contribution in [0.15, 0.2) is 29.3 Å². The van der Waals surface area contributed by atoms with E-state index in [1.54, 1.807) is 14.2 Å². The van der Waals surface area contributed by atoms with Gasteiger partial charge in [-0.1, -0.05) is 6.07 Å². The highest BCUT2D eigenvalue weighted by atomic mass is 127. The molecule has 1 aliphatic heterocycles. The van der Waals surface area contributed by atoms with Crippen LogP contribution in [0.4, 0.5) is 8.78 Å². The lowest BCUT2D eigenvalue weighted by atomic mass is 10.1. The molecule has 1 atom stereocenters. The van der Waals surface area contributed by atoms with Crippen molar-refractivity contribution in [3.8, 4) is 11.5 Å². The van der Waals surface area contributed by atoms with Crippen molar-refractivity contribution in [2.24, 2.45) is 4.99 Å². The number of nitrogens with one attached hydrogen (secondary N) is 2. The van der Waals surface area contributed by atoms with E-state index in [9.17, 15) is 8.78 Å². The highest BCUT2D eigenvalue weighted by molar-refractivity contribution is 14.0. The van der Waals surface area contributed by atoms with Crippen LogP contribution in [0.5, 0.6) is 11.5 Å². The van der Waals surface area contributed by atoms with Gasteiger partial charge in [0.1, 0.15) is 17.6 Å². The summed E-state index contributed by atoms with van der Waals surface area (Å²) in [6.45, 7) is 3.77. The Hall–Kier alpha value is -1.36. The minimum atomic E-state index is -2.27. The molecule has 0 radical (unpaired) electrons. The van der Waals surface area contributed by atoms with Gasteiger partial charge >= 0.3 is 0 Å². The normalized spacial score (nSPS) is 17.0. The first-order chi connectivity index (χ1) is 13.0. The van der Waals surface area contributed by atoms with Gasteiger partial charge in [-0.3, -0.25) is 9.89 Å². The number of methoxy groups -OCH3 is 1. The van der Waals surface area contributed by atoms with Crippen LogP contribution in [0.1, 0.15) is 19.8 Å². The zero-order chi connectivity index (χ0) is 19.6. The number of rotatable bonds is 8. The lowest BCUT2D eigenvalue weighted by molar-refractivity contribution is 0.0744. The van der Waals surface area contributed by atoms with E-state index in [0.29, 0.717) is 25.6 Å². The molecule has 9 heteroatoms. The van der Waals surface area contributed by atoms with Crippen LogP contribution >= 0.6 is 24.0 Å². The van der Waals surface area contributed by atoms with Crippen LogP contribution < -0.4 is 20.1 Å². The molecule has 2 N–H and O–H groups in total. The van der Waals surface area contributed by atoms with Gasteiger partial charge in [-0.15, -0.1) is 24.0 Å². The zero-order valence-electron chi connectivity index (χ0n) is 16.7. The molecule has 0 bridgehead atoms. The largest absolute Gasteiger partial charge is 0.497 e. The van der Waals surface area contributed by atoms with E-state index in [2.05, 4.69) is 15.6 Å². The van der Waals surface area contributed by atoms with Crippen molar-refractivity contribution in [2.75, 3.05) is 40.3 Å². The zero-order valence-corrected chi connectivity index (χ0v) is 19.0. The number of halogens is 3. The molecule has 0 spiro atoms. The highest BCUT2D eigenvalue weighted by Gasteiger charge is 2.22. The molecule has 1 aliphatic rings. The average molecular weight is 512 g/mol. The predicted molar refractivity (Wildman–Crippen MR) is 118 cm³/mol. The number of piperidine rings is 1. The van der Waals surface area contributed by atoms with E-state index in [1.165, 1.54) is 0 Å². The minimum absolute atomic E-state index is 0. The molecule has 1 aromatic rings. The Morgan fingerprint density at radius 1 is 1.29 bits per heavy atom. The van der Waals surface area contributed by atoms with E-state index in [0.717, 1.165) is 24.3 Å². The molecule has 1 heterocycles. The van der Waals surface area contributed by atoms with Crippen LogP contribution in [-0.4, -0.2) is 69.8 Å². The fourth-order valence-corrected chi connectivity index (χ4v) is 3.03. The molecule has 0 saturated carbocycles. The van der Waals surface area contributed by atoms with E-state index in [-0.39, 0.29) is 42.7 Å². The summed E-state index contributed by atoms with van der Waals surface area (Å²) in [5, 5.41) is 6.62. The van der Waals surface area contributed by atoms with Crippen molar-refractivity contribution in [2.45, 2.75) is 38.3 Å². The van der Waals surface area contributed by atoms with E-state index in [4.69, 9.17) is 9.47 Å². The van der Waals surface area contributed by atoms with Crippen molar-refractivity contribution in [3.05, 3.63) is 24.3 Å². The number of alkyl halides is 2. The molecule has 1 saturated heterocycles. The van der Waals surface area contributed by atoms with Gasteiger partial charge in [-0.2, -0.15) is 0 Å². The SMILES string of the molecule is CN=C(NCC(C)Oc1cccc(OC)c1)NC1CCN(CC(F)F)CC1.I. The Balaban J connectivity index is 0.00000392. The number of aliphatic imine (C=N–C) groups is 1. The summed E-state index contributed by atoms with van der Waals surface area (Å²) < 4.78 is 36.0. The molecule has 28 heavy (non-hydrogen) atoms. The topological polar surface area (TPSA) is 58.1 Å². The van der Waals surface area contributed by atoms with Gasteiger partial charge in [-0.25, -0.2) is 8.78 Å². The number of nitrogens with zero attached hydrogens (tertiary/aromatic N) is 2. The predicted octanol–water partition coefficient (Wildman–Crippen LogP) is 2.98. The molecule has 1 aromatic carbocycles. The van der Waals surface area contributed by atoms with E-state index < -0.39 is 6.43 Å². The molecule has 0 aromatic heterocycles. The van der Waals surface area contributed by atoms with Crippen molar-refractivity contribution >= 4 is 29.9 Å². The first-order valence-electron chi connectivity index (χ1n) is 9.28. The molecule has 1 unspecified atom stereocenters. The average Bonchev–Trinajstić information content (AvgIpc) is 2.66. The molecule has 160 valence electrons. The Labute approximate surface area is 183 Å².